The lowest BCUT2D eigenvalue weighted by Gasteiger charge is -2.15. The lowest BCUT2D eigenvalue weighted by Crippen LogP contribution is -2.33. The lowest BCUT2D eigenvalue weighted by molar-refractivity contribution is -0.137. The normalized spacial score (nSPS) is 13.1. The highest BCUT2D eigenvalue weighted by molar-refractivity contribution is 7.92. The van der Waals surface area contributed by atoms with Crippen molar-refractivity contribution in [2.45, 2.75) is 24.1 Å². The SMILES string of the molecule is COc1ccc(NC(=O)C(C)S(=O)(=O)Cc2cccc(C(F)(F)F)c2)cc1Cl. The number of ether oxygens (including phenoxy) is 1. The topological polar surface area (TPSA) is 72.5 Å². The number of nitrogens with one attached hydrogen (secondary N) is 1. The third-order valence-corrected chi connectivity index (χ3v) is 6.27. The Bertz CT molecular complexity index is 977. The predicted molar refractivity (Wildman–Crippen MR) is 100 cm³/mol. The molecule has 0 bridgehead atoms. The summed E-state index contributed by atoms with van der Waals surface area (Å²) >= 11 is 5.95. The number of carbonyl (C=O) groups is 1. The van der Waals surface area contributed by atoms with E-state index in [1.807, 2.05) is 0 Å². The molecule has 1 unspecified atom stereocenters. The zero-order valence-electron chi connectivity index (χ0n) is 14.9. The van der Waals surface area contributed by atoms with Gasteiger partial charge in [0.15, 0.2) is 9.84 Å². The highest BCUT2D eigenvalue weighted by Gasteiger charge is 2.32. The molecule has 2 rings (SSSR count). The largest absolute Gasteiger partial charge is 0.495 e. The molecule has 5 nitrogen and oxygen atoms in total. The molecule has 152 valence electrons. The third-order valence-electron chi connectivity index (χ3n) is 3.95. The van der Waals surface area contributed by atoms with E-state index in [0.717, 1.165) is 18.2 Å². The van der Waals surface area contributed by atoms with Crippen LogP contribution in [-0.4, -0.2) is 26.7 Å². The van der Waals surface area contributed by atoms with Crippen LogP contribution < -0.4 is 10.1 Å². The lowest BCUT2D eigenvalue weighted by atomic mass is 10.1. The Morgan fingerprint density at radius 2 is 1.89 bits per heavy atom. The third kappa shape index (κ3) is 5.39. The summed E-state index contributed by atoms with van der Waals surface area (Å²) in [7, 11) is -2.64. The Morgan fingerprint density at radius 3 is 2.46 bits per heavy atom. The molecule has 0 fully saturated rings. The monoisotopic (exact) mass is 435 g/mol. The van der Waals surface area contributed by atoms with Crippen LogP contribution in [0.4, 0.5) is 18.9 Å². The molecule has 1 amide bonds. The van der Waals surface area contributed by atoms with Crippen molar-refractivity contribution in [2.75, 3.05) is 12.4 Å². The molecular weight excluding hydrogens is 419 g/mol. The maximum Gasteiger partial charge on any atom is 0.416 e. The van der Waals surface area contributed by atoms with E-state index < -0.39 is 38.5 Å². The van der Waals surface area contributed by atoms with E-state index in [0.29, 0.717) is 5.75 Å². The number of benzene rings is 2. The number of hydrogen-bond acceptors (Lipinski definition) is 4. The number of hydrogen-bond donors (Lipinski definition) is 1. The number of amides is 1. The molecule has 0 aliphatic carbocycles. The molecule has 0 aliphatic rings. The van der Waals surface area contributed by atoms with Gasteiger partial charge in [-0.15, -0.1) is 0 Å². The zero-order chi connectivity index (χ0) is 21.1. The Labute approximate surface area is 165 Å². The summed E-state index contributed by atoms with van der Waals surface area (Å²) in [6.07, 6.45) is -4.59. The number of carbonyl (C=O) groups excluding carboxylic acids is 1. The number of methoxy groups -OCH3 is 1. The van der Waals surface area contributed by atoms with E-state index in [-0.39, 0.29) is 16.3 Å². The van der Waals surface area contributed by atoms with Crippen molar-refractivity contribution in [3.05, 3.63) is 58.6 Å². The molecule has 1 atom stereocenters. The first-order valence-corrected chi connectivity index (χ1v) is 10.1. The number of rotatable bonds is 6. The van der Waals surface area contributed by atoms with Gasteiger partial charge in [0.2, 0.25) is 5.91 Å². The number of alkyl halides is 3. The fraction of sp³-hybridized carbons (Fsp3) is 0.278. The van der Waals surface area contributed by atoms with E-state index in [1.165, 1.54) is 38.3 Å². The summed E-state index contributed by atoms with van der Waals surface area (Å²) in [4.78, 5) is 12.3. The van der Waals surface area contributed by atoms with Crippen molar-refractivity contribution in [1.29, 1.82) is 0 Å². The van der Waals surface area contributed by atoms with Crippen molar-refractivity contribution < 1.29 is 31.1 Å². The van der Waals surface area contributed by atoms with Crippen molar-refractivity contribution >= 4 is 33.0 Å². The Kier molecular flexibility index (Phi) is 6.61. The maximum atomic E-state index is 12.8. The van der Waals surface area contributed by atoms with Crippen LogP contribution in [0.25, 0.3) is 0 Å². The molecule has 1 N–H and O–H groups in total. The molecule has 28 heavy (non-hydrogen) atoms. The van der Waals surface area contributed by atoms with Crippen LogP contribution in [-0.2, 0) is 26.6 Å². The van der Waals surface area contributed by atoms with Crippen LogP contribution >= 0.6 is 11.6 Å². The van der Waals surface area contributed by atoms with E-state index >= 15 is 0 Å². The van der Waals surface area contributed by atoms with Crippen molar-refractivity contribution in [3.8, 4) is 5.75 Å². The van der Waals surface area contributed by atoms with Gasteiger partial charge in [-0.3, -0.25) is 4.79 Å². The first kappa shape index (κ1) is 22.0. The van der Waals surface area contributed by atoms with Crippen LogP contribution in [0.3, 0.4) is 0 Å². The van der Waals surface area contributed by atoms with Gasteiger partial charge in [0, 0.05) is 5.69 Å². The number of halogens is 4. The summed E-state index contributed by atoms with van der Waals surface area (Å²) in [5.41, 5.74) is -0.746. The minimum absolute atomic E-state index is 0.0537. The van der Waals surface area contributed by atoms with Gasteiger partial charge in [0.1, 0.15) is 11.0 Å². The van der Waals surface area contributed by atoms with Crippen molar-refractivity contribution in [1.82, 2.24) is 0 Å². The van der Waals surface area contributed by atoms with Gasteiger partial charge in [-0.1, -0.05) is 29.8 Å². The summed E-state index contributed by atoms with van der Waals surface area (Å²) < 4.78 is 68.3. The minimum Gasteiger partial charge on any atom is -0.495 e. The smallest absolute Gasteiger partial charge is 0.416 e. The highest BCUT2D eigenvalue weighted by Crippen LogP contribution is 2.30. The molecule has 0 saturated heterocycles. The average molecular weight is 436 g/mol. The highest BCUT2D eigenvalue weighted by atomic mass is 35.5. The van der Waals surface area contributed by atoms with Crippen LogP contribution in [0.2, 0.25) is 5.02 Å². The standard InChI is InChI=1S/C18H17ClF3NO4S/c1-11(17(24)23-14-6-7-16(27-2)15(19)9-14)28(25,26)10-12-4-3-5-13(8-12)18(20,21)22/h3-9,11H,10H2,1-2H3,(H,23,24). The molecule has 0 saturated carbocycles. The fourth-order valence-corrected chi connectivity index (χ4v) is 3.88. The average Bonchev–Trinajstić information content (AvgIpc) is 2.60. The molecule has 0 aliphatic heterocycles. The van der Waals surface area contributed by atoms with Gasteiger partial charge >= 0.3 is 6.18 Å². The quantitative estimate of drug-likeness (QED) is 0.733. The Morgan fingerprint density at radius 1 is 1.21 bits per heavy atom. The summed E-state index contributed by atoms with van der Waals surface area (Å²) in [6, 6.07) is 8.36. The van der Waals surface area contributed by atoms with Gasteiger partial charge < -0.3 is 10.1 Å². The van der Waals surface area contributed by atoms with Crippen molar-refractivity contribution in [3.63, 3.8) is 0 Å². The zero-order valence-corrected chi connectivity index (χ0v) is 16.5. The van der Waals surface area contributed by atoms with Crippen molar-refractivity contribution in [2.24, 2.45) is 0 Å². The minimum atomic E-state index is -4.59. The molecule has 2 aromatic rings. The van der Waals surface area contributed by atoms with Gasteiger partial charge in [0.25, 0.3) is 0 Å². The molecule has 0 spiro atoms. The summed E-state index contributed by atoms with van der Waals surface area (Å²) in [5, 5.41) is 1.16. The molecular formula is C18H17ClF3NO4S. The van der Waals surface area contributed by atoms with E-state index in [9.17, 15) is 26.4 Å². The second-order valence-electron chi connectivity index (χ2n) is 5.99. The maximum absolute atomic E-state index is 12.8. The Balaban J connectivity index is 2.14. The molecule has 0 heterocycles. The van der Waals surface area contributed by atoms with E-state index in [2.05, 4.69) is 5.32 Å². The van der Waals surface area contributed by atoms with Gasteiger partial charge in [0.05, 0.1) is 23.4 Å². The number of anilines is 1. The van der Waals surface area contributed by atoms with Gasteiger partial charge in [-0.25, -0.2) is 8.42 Å². The van der Waals surface area contributed by atoms with E-state index in [4.69, 9.17) is 16.3 Å². The number of sulfone groups is 1. The second kappa shape index (κ2) is 8.40. The van der Waals surface area contributed by atoms with Crippen LogP contribution in [0, 0.1) is 0 Å². The molecule has 10 heteroatoms. The first-order chi connectivity index (χ1) is 12.9. The molecule has 0 aromatic heterocycles. The predicted octanol–water partition coefficient (Wildman–Crippen LogP) is 4.31. The van der Waals surface area contributed by atoms with Crippen LogP contribution in [0.1, 0.15) is 18.1 Å². The summed E-state index contributed by atoms with van der Waals surface area (Å²) in [5.74, 6) is -1.15. The Hall–Kier alpha value is -2.26. The van der Waals surface area contributed by atoms with Gasteiger partial charge in [-0.05, 0) is 36.8 Å². The first-order valence-electron chi connectivity index (χ1n) is 7.96. The van der Waals surface area contributed by atoms with E-state index in [1.54, 1.807) is 0 Å². The van der Waals surface area contributed by atoms with Crippen LogP contribution in [0.5, 0.6) is 5.75 Å². The van der Waals surface area contributed by atoms with Gasteiger partial charge in [-0.2, -0.15) is 13.2 Å². The fourth-order valence-electron chi connectivity index (χ4n) is 2.35. The molecule has 0 radical (unpaired) electrons. The summed E-state index contributed by atoms with van der Waals surface area (Å²) in [6.45, 7) is 1.17. The second-order valence-corrected chi connectivity index (χ2v) is 8.71. The molecule has 2 aromatic carbocycles. The van der Waals surface area contributed by atoms with Crippen LogP contribution in [0.15, 0.2) is 42.5 Å².